The molecule has 0 radical (unpaired) electrons. The van der Waals surface area contributed by atoms with Gasteiger partial charge in [-0.05, 0) is 61.2 Å². The molecule has 0 aliphatic carbocycles. The van der Waals surface area contributed by atoms with Crippen LogP contribution < -0.4 is 15.6 Å². The van der Waals surface area contributed by atoms with Crippen molar-refractivity contribution in [3.63, 3.8) is 0 Å². The summed E-state index contributed by atoms with van der Waals surface area (Å²) in [6.07, 6.45) is 2.14. The molecule has 0 spiro atoms. The predicted octanol–water partition coefficient (Wildman–Crippen LogP) is 3.28. The summed E-state index contributed by atoms with van der Waals surface area (Å²) in [6.45, 7) is 3.94. The summed E-state index contributed by atoms with van der Waals surface area (Å²) in [5, 5.41) is 24.3. The smallest absolute Gasteiger partial charge is 0.248 e. The summed E-state index contributed by atoms with van der Waals surface area (Å²) in [4.78, 5) is 14.1. The number of aromatic amines is 1. The van der Waals surface area contributed by atoms with Gasteiger partial charge in [0.15, 0.2) is 0 Å². The largest absolute Gasteiger partial charge is 0.506 e. The molecule has 1 aromatic heterocycles. The molecule has 154 valence electrons. The van der Waals surface area contributed by atoms with Crippen molar-refractivity contribution in [2.45, 2.75) is 32.3 Å². The number of hydrogen-bond donors (Lipinski definition) is 4. The number of aryl methyl sites for hydroxylation is 1. The molecule has 0 amide bonds. The van der Waals surface area contributed by atoms with Crippen LogP contribution in [0.3, 0.4) is 0 Å². The number of ether oxygens (including phenoxy) is 1. The van der Waals surface area contributed by atoms with Crippen molar-refractivity contribution in [2.24, 2.45) is 0 Å². The van der Waals surface area contributed by atoms with Gasteiger partial charge in [-0.1, -0.05) is 25.1 Å². The number of H-pyrrole nitrogens is 1. The highest BCUT2D eigenvalue weighted by Gasteiger charge is 2.13. The molecule has 0 fully saturated rings. The molecule has 0 saturated heterocycles. The normalized spacial score (nSPS) is 12.2. The van der Waals surface area contributed by atoms with E-state index in [1.54, 1.807) is 12.1 Å². The topological polar surface area (TPSA) is 94.6 Å². The summed E-state index contributed by atoms with van der Waals surface area (Å²) in [5.41, 5.74) is 2.02. The van der Waals surface area contributed by atoms with Crippen LogP contribution in [0.5, 0.6) is 11.5 Å². The van der Waals surface area contributed by atoms with Gasteiger partial charge in [-0.25, -0.2) is 0 Å². The van der Waals surface area contributed by atoms with Gasteiger partial charge in [0.2, 0.25) is 5.56 Å². The lowest BCUT2D eigenvalue weighted by Crippen LogP contribution is -2.23. The Morgan fingerprint density at radius 1 is 1.07 bits per heavy atom. The molecule has 1 unspecified atom stereocenters. The van der Waals surface area contributed by atoms with Gasteiger partial charge < -0.3 is 25.3 Å². The number of aromatic hydroxyl groups is 1. The van der Waals surface area contributed by atoms with E-state index in [2.05, 4.69) is 29.4 Å². The molecule has 6 heteroatoms. The molecular weight excluding hydrogens is 368 g/mol. The van der Waals surface area contributed by atoms with Crippen LogP contribution in [0.15, 0.2) is 53.3 Å². The van der Waals surface area contributed by atoms with Gasteiger partial charge in [-0.15, -0.1) is 0 Å². The lowest BCUT2D eigenvalue weighted by atomic mass is 10.0. The number of fused-ring (bicyclic) bond motifs is 1. The maximum atomic E-state index is 11.5. The standard InChI is InChI=1S/C23H28N2O4/c1-2-16-5-7-17(8-6-16)29-14-4-3-13-24-15-21(27)18-9-11-20(26)23-19(18)10-12-22(28)25-23/h5-12,21,24,26-27H,2-4,13-15H2,1H3,(H,25,28). The second kappa shape index (κ2) is 10.1. The first-order chi connectivity index (χ1) is 14.1. The molecule has 0 saturated carbocycles. The van der Waals surface area contributed by atoms with E-state index in [0.717, 1.165) is 31.6 Å². The molecular formula is C23H28N2O4. The van der Waals surface area contributed by atoms with Crippen molar-refractivity contribution in [3.8, 4) is 11.5 Å². The number of nitrogens with one attached hydrogen (secondary N) is 2. The van der Waals surface area contributed by atoms with Gasteiger partial charge in [0.05, 0.1) is 18.2 Å². The van der Waals surface area contributed by atoms with Gasteiger partial charge in [-0.2, -0.15) is 0 Å². The molecule has 1 atom stereocenters. The number of phenolic OH excluding ortho intramolecular Hbond substituents is 1. The lowest BCUT2D eigenvalue weighted by Gasteiger charge is -2.15. The zero-order valence-electron chi connectivity index (χ0n) is 16.6. The van der Waals surface area contributed by atoms with E-state index in [-0.39, 0.29) is 11.3 Å². The van der Waals surface area contributed by atoms with E-state index >= 15 is 0 Å². The molecule has 0 bridgehead atoms. The van der Waals surface area contributed by atoms with Gasteiger partial charge in [0.1, 0.15) is 11.5 Å². The molecule has 3 aromatic rings. The average Bonchev–Trinajstić information content (AvgIpc) is 2.74. The Morgan fingerprint density at radius 3 is 2.62 bits per heavy atom. The Kier molecular flexibility index (Phi) is 7.27. The van der Waals surface area contributed by atoms with Crippen molar-refractivity contribution in [2.75, 3.05) is 19.7 Å². The number of phenols is 1. The number of aliphatic hydroxyl groups is 1. The van der Waals surface area contributed by atoms with Crippen molar-refractivity contribution in [3.05, 3.63) is 70.0 Å². The van der Waals surface area contributed by atoms with E-state index in [0.29, 0.717) is 29.6 Å². The molecule has 6 nitrogen and oxygen atoms in total. The number of rotatable bonds is 10. The van der Waals surface area contributed by atoms with E-state index in [9.17, 15) is 15.0 Å². The van der Waals surface area contributed by atoms with Crippen LogP contribution in [-0.4, -0.2) is 34.9 Å². The molecule has 0 aliphatic rings. The second-order valence-corrected chi connectivity index (χ2v) is 7.06. The van der Waals surface area contributed by atoms with Crippen LogP contribution in [-0.2, 0) is 6.42 Å². The van der Waals surface area contributed by atoms with Crippen LogP contribution in [0.25, 0.3) is 10.9 Å². The Bertz CT molecular complexity index is 982. The van der Waals surface area contributed by atoms with Crippen LogP contribution in [0.1, 0.15) is 37.0 Å². The number of aromatic nitrogens is 1. The zero-order valence-corrected chi connectivity index (χ0v) is 16.6. The highest BCUT2D eigenvalue weighted by molar-refractivity contribution is 5.87. The first-order valence-corrected chi connectivity index (χ1v) is 10.0. The monoisotopic (exact) mass is 396 g/mol. The third kappa shape index (κ3) is 5.59. The number of hydrogen-bond acceptors (Lipinski definition) is 5. The van der Waals surface area contributed by atoms with Gasteiger partial charge in [0.25, 0.3) is 0 Å². The predicted molar refractivity (Wildman–Crippen MR) is 115 cm³/mol. The first kappa shape index (κ1) is 20.9. The Morgan fingerprint density at radius 2 is 1.86 bits per heavy atom. The second-order valence-electron chi connectivity index (χ2n) is 7.06. The van der Waals surface area contributed by atoms with Crippen LogP contribution in [0, 0.1) is 0 Å². The van der Waals surface area contributed by atoms with Crippen molar-refractivity contribution in [1.82, 2.24) is 10.3 Å². The van der Waals surface area contributed by atoms with Crippen LogP contribution in [0.4, 0.5) is 0 Å². The fourth-order valence-corrected chi connectivity index (χ4v) is 3.26. The van der Waals surface area contributed by atoms with E-state index < -0.39 is 6.10 Å². The van der Waals surface area contributed by atoms with Crippen molar-refractivity contribution >= 4 is 10.9 Å². The fourth-order valence-electron chi connectivity index (χ4n) is 3.26. The number of pyridine rings is 1. The highest BCUT2D eigenvalue weighted by atomic mass is 16.5. The highest BCUT2D eigenvalue weighted by Crippen LogP contribution is 2.28. The van der Waals surface area contributed by atoms with Gasteiger partial charge in [0, 0.05) is 18.0 Å². The number of unbranched alkanes of at least 4 members (excludes halogenated alkanes) is 1. The number of aliphatic hydroxyl groups excluding tert-OH is 1. The minimum absolute atomic E-state index is 0.00839. The number of benzene rings is 2. The molecule has 1 heterocycles. The van der Waals surface area contributed by atoms with Crippen molar-refractivity contribution in [1.29, 1.82) is 0 Å². The summed E-state index contributed by atoms with van der Waals surface area (Å²) >= 11 is 0. The SMILES string of the molecule is CCc1ccc(OCCCCNCC(O)c2ccc(O)c3[nH]c(=O)ccc23)cc1. The Hall–Kier alpha value is -2.83. The quantitative estimate of drug-likeness (QED) is 0.395. The summed E-state index contributed by atoms with van der Waals surface area (Å²) < 4.78 is 5.74. The third-order valence-electron chi connectivity index (χ3n) is 4.95. The molecule has 2 aromatic carbocycles. The van der Waals surface area contributed by atoms with Crippen LogP contribution in [0.2, 0.25) is 0 Å². The Labute approximate surface area is 170 Å². The Balaban J connectivity index is 1.41. The molecule has 3 rings (SSSR count). The molecule has 0 aliphatic heterocycles. The lowest BCUT2D eigenvalue weighted by molar-refractivity contribution is 0.176. The summed E-state index contributed by atoms with van der Waals surface area (Å²) in [6, 6.07) is 14.4. The van der Waals surface area contributed by atoms with Gasteiger partial charge >= 0.3 is 0 Å². The molecule has 4 N–H and O–H groups in total. The van der Waals surface area contributed by atoms with Crippen molar-refractivity contribution < 1.29 is 14.9 Å². The minimum Gasteiger partial charge on any atom is -0.506 e. The minimum atomic E-state index is -0.739. The fraction of sp³-hybridized carbons (Fsp3) is 0.348. The maximum Gasteiger partial charge on any atom is 0.248 e. The maximum absolute atomic E-state index is 11.5. The van der Waals surface area contributed by atoms with Gasteiger partial charge in [-0.3, -0.25) is 4.79 Å². The summed E-state index contributed by atoms with van der Waals surface area (Å²) in [5.74, 6) is 0.883. The van der Waals surface area contributed by atoms with Crippen LogP contribution >= 0.6 is 0 Å². The van der Waals surface area contributed by atoms with E-state index in [1.807, 2.05) is 12.1 Å². The summed E-state index contributed by atoms with van der Waals surface area (Å²) in [7, 11) is 0. The van der Waals surface area contributed by atoms with E-state index in [4.69, 9.17) is 4.74 Å². The zero-order chi connectivity index (χ0) is 20.6. The third-order valence-corrected chi connectivity index (χ3v) is 4.95. The van der Waals surface area contributed by atoms with E-state index in [1.165, 1.54) is 17.7 Å². The average molecular weight is 396 g/mol. The first-order valence-electron chi connectivity index (χ1n) is 10.0. The molecule has 29 heavy (non-hydrogen) atoms.